The fourth-order valence-electron chi connectivity index (χ4n) is 4.71. The topological polar surface area (TPSA) is 79.8 Å². The number of aryl methyl sites for hydroxylation is 1. The Kier molecular flexibility index (Phi) is 6.89. The summed E-state index contributed by atoms with van der Waals surface area (Å²) in [5.41, 5.74) is 2.00. The molecule has 0 N–H and O–H groups in total. The molecule has 10 heteroatoms. The van der Waals surface area contributed by atoms with Crippen LogP contribution in [0.3, 0.4) is 0 Å². The molecule has 7 nitrogen and oxygen atoms in total. The third-order valence-electron chi connectivity index (χ3n) is 6.69. The van der Waals surface area contributed by atoms with Gasteiger partial charge in [-0.3, -0.25) is 9.69 Å². The van der Waals surface area contributed by atoms with E-state index in [9.17, 15) is 17.6 Å². The number of thiazole rings is 1. The van der Waals surface area contributed by atoms with Gasteiger partial charge in [0.25, 0.3) is 0 Å². The van der Waals surface area contributed by atoms with E-state index in [4.69, 9.17) is 9.72 Å². The van der Waals surface area contributed by atoms with E-state index in [1.54, 1.807) is 4.90 Å². The summed E-state index contributed by atoms with van der Waals surface area (Å²) in [5.74, 6) is -0.815. The molecule has 2 fully saturated rings. The molecule has 2 aromatic carbocycles. The van der Waals surface area contributed by atoms with E-state index in [1.165, 1.54) is 27.8 Å². The van der Waals surface area contributed by atoms with Gasteiger partial charge in [-0.05, 0) is 74.6 Å². The van der Waals surface area contributed by atoms with Crippen molar-refractivity contribution in [1.29, 1.82) is 0 Å². The van der Waals surface area contributed by atoms with Crippen molar-refractivity contribution in [3.05, 3.63) is 53.8 Å². The van der Waals surface area contributed by atoms with E-state index < -0.39 is 15.8 Å². The van der Waals surface area contributed by atoms with Crippen molar-refractivity contribution < 1.29 is 22.3 Å². The Morgan fingerprint density at radius 2 is 1.91 bits per heavy atom. The lowest BCUT2D eigenvalue weighted by molar-refractivity contribution is -0.123. The zero-order valence-electron chi connectivity index (χ0n) is 19.5. The van der Waals surface area contributed by atoms with Gasteiger partial charge < -0.3 is 4.74 Å². The molecule has 2 saturated heterocycles. The molecular formula is C25H28FN3O4S2. The minimum absolute atomic E-state index is 0.0216. The highest BCUT2D eigenvalue weighted by Gasteiger charge is 2.36. The Hall–Kier alpha value is -2.40. The van der Waals surface area contributed by atoms with Crippen LogP contribution in [0.2, 0.25) is 0 Å². The summed E-state index contributed by atoms with van der Waals surface area (Å²) in [6.07, 6.45) is 2.70. The van der Waals surface area contributed by atoms with Gasteiger partial charge >= 0.3 is 0 Å². The van der Waals surface area contributed by atoms with E-state index in [0.29, 0.717) is 31.1 Å². The molecule has 1 amide bonds. The molecule has 0 aliphatic carbocycles. The summed E-state index contributed by atoms with van der Waals surface area (Å²) in [6, 6.07) is 10.9. The fraction of sp³-hybridized carbons (Fsp3) is 0.440. The Bertz CT molecular complexity index is 1310. The minimum Gasteiger partial charge on any atom is -0.376 e. The average Bonchev–Trinajstić information content (AvgIpc) is 3.52. The predicted octanol–water partition coefficient (Wildman–Crippen LogP) is 4.36. The van der Waals surface area contributed by atoms with Crippen LogP contribution >= 0.6 is 11.3 Å². The van der Waals surface area contributed by atoms with Crippen LogP contribution in [0.1, 0.15) is 31.2 Å². The molecule has 35 heavy (non-hydrogen) atoms. The fourth-order valence-corrected chi connectivity index (χ4v) is 7.26. The molecule has 1 aromatic heterocycles. The van der Waals surface area contributed by atoms with Gasteiger partial charge in [-0.1, -0.05) is 17.4 Å². The number of benzene rings is 2. The van der Waals surface area contributed by atoms with Gasteiger partial charge in [0.05, 0.1) is 27.8 Å². The number of piperidine rings is 1. The zero-order valence-corrected chi connectivity index (χ0v) is 21.2. The number of fused-ring (bicyclic) bond motifs is 1. The van der Waals surface area contributed by atoms with E-state index >= 15 is 0 Å². The lowest BCUT2D eigenvalue weighted by atomic mass is 9.96. The second kappa shape index (κ2) is 9.93. The number of sulfonamides is 1. The monoisotopic (exact) mass is 517 g/mol. The highest BCUT2D eigenvalue weighted by Crippen LogP contribution is 2.33. The molecule has 0 spiro atoms. The number of anilines is 1. The van der Waals surface area contributed by atoms with Crippen molar-refractivity contribution >= 4 is 42.6 Å². The van der Waals surface area contributed by atoms with Gasteiger partial charge in [0, 0.05) is 25.6 Å². The summed E-state index contributed by atoms with van der Waals surface area (Å²) in [5, 5.41) is 0.660. The van der Waals surface area contributed by atoms with Crippen LogP contribution in [0.5, 0.6) is 0 Å². The second-order valence-electron chi connectivity index (χ2n) is 9.18. The molecule has 5 rings (SSSR count). The lowest BCUT2D eigenvalue weighted by Gasteiger charge is -2.33. The summed E-state index contributed by atoms with van der Waals surface area (Å²) in [4.78, 5) is 20.3. The summed E-state index contributed by atoms with van der Waals surface area (Å²) in [6.45, 7) is 3.66. The first kappa shape index (κ1) is 24.3. The van der Waals surface area contributed by atoms with Crippen molar-refractivity contribution in [2.75, 3.05) is 31.1 Å². The van der Waals surface area contributed by atoms with E-state index in [2.05, 4.69) is 6.07 Å². The normalized spacial score (nSPS) is 19.9. The number of carbonyl (C=O) groups excluding carboxylic acids is 1. The van der Waals surface area contributed by atoms with Crippen molar-refractivity contribution in [1.82, 2.24) is 9.29 Å². The third-order valence-corrected chi connectivity index (χ3v) is 9.65. The van der Waals surface area contributed by atoms with Crippen molar-refractivity contribution in [3.63, 3.8) is 0 Å². The maximum atomic E-state index is 13.7. The smallest absolute Gasteiger partial charge is 0.243 e. The number of amides is 1. The number of halogens is 1. The number of rotatable bonds is 6. The van der Waals surface area contributed by atoms with Crippen LogP contribution in [0.4, 0.5) is 9.52 Å². The molecule has 1 unspecified atom stereocenters. The first-order chi connectivity index (χ1) is 16.8. The molecule has 0 bridgehead atoms. The molecule has 0 radical (unpaired) electrons. The Morgan fingerprint density at radius 3 is 2.60 bits per heavy atom. The van der Waals surface area contributed by atoms with Gasteiger partial charge in [0.15, 0.2) is 5.13 Å². The SMILES string of the molecule is Cc1ccc2nc(N(CC3CCCO3)C(=O)C3CCN(S(=O)(=O)c4ccc(F)cc4)CC3)sc2c1. The summed E-state index contributed by atoms with van der Waals surface area (Å²) in [7, 11) is -3.73. The Labute approximate surface area is 208 Å². The molecule has 186 valence electrons. The molecule has 2 aliphatic heterocycles. The van der Waals surface area contributed by atoms with Crippen molar-refractivity contribution in [2.24, 2.45) is 5.92 Å². The number of hydrogen-bond acceptors (Lipinski definition) is 6. The Morgan fingerprint density at radius 1 is 1.17 bits per heavy atom. The predicted molar refractivity (Wildman–Crippen MR) is 134 cm³/mol. The average molecular weight is 518 g/mol. The largest absolute Gasteiger partial charge is 0.376 e. The van der Waals surface area contributed by atoms with Crippen molar-refractivity contribution in [2.45, 2.75) is 43.6 Å². The van der Waals surface area contributed by atoms with Crippen LogP contribution < -0.4 is 4.90 Å². The molecule has 3 aromatic rings. The zero-order chi connectivity index (χ0) is 24.6. The van der Waals surface area contributed by atoms with Crippen LogP contribution in [0.25, 0.3) is 10.2 Å². The second-order valence-corrected chi connectivity index (χ2v) is 12.1. The molecule has 3 heterocycles. The summed E-state index contributed by atoms with van der Waals surface area (Å²) < 4.78 is 47.4. The highest BCUT2D eigenvalue weighted by atomic mass is 32.2. The molecule has 1 atom stereocenters. The van der Waals surface area contributed by atoms with Gasteiger partial charge in [0.2, 0.25) is 15.9 Å². The standard InChI is InChI=1S/C25H28FN3O4S2/c1-17-4-9-22-23(15-17)34-25(27-22)29(16-20-3-2-14-33-20)24(30)18-10-12-28(13-11-18)35(31,32)21-7-5-19(26)6-8-21/h4-9,15,18,20H,2-3,10-14,16H2,1H3. The van der Waals surface area contributed by atoms with Crippen LogP contribution in [0.15, 0.2) is 47.4 Å². The van der Waals surface area contributed by atoms with Crippen LogP contribution in [-0.2, 0) is 19.6 Å². The lowest BCUT2D eigenvalue weighted by Crippen LogP contribution is -2.46. The molecular weight excluding hydrogens is 489 g/mol. The van der Waals surface area contributed by atoms with Gasteiger partial charge in [-0.15, -0.1) is 0 Å². The van der Waals surface area contributed by atoms with Crippen molar-refractivity contribution in [3.8, 4) is 0 Å². The quantitative estimate of drug-likeness (QED) is 0.486. The molecule has 0 saturated carbocycles. The first-order valence-electron chi connectivity index (χ1n) is 11.9. The van der Waals surface area contributed by atoms with Gasteiger partial charge in [-0.2, -0.15) is 4.31 Å². The Balaban J connectivity index is 1.33. The number of nitrogens with zero attached hydrogens (tertiary/aromatic N) is 3. The van der Waals surface area contributed by atoms with Gasteiger partial charge in [0.1, 0.15) is 5.82 Å². The summed E-state index contributed by atoms with van der Waals surface area (Å²) >= 11 is 1.50. The van der Waals surface area contributed by atoms with Crippen LogP contribution in [-0.4, -0.2) is 56.0 Å². The van der Waals surface area contributed by atoms with E-state index in [1.807, 2.05) is 19.1 Å². The maximum absolute atomic E-state index is 13.7. The van der Waals surface area contributed by atoms with E-state index in [0.717, 1.165) is 40.8 Å². The van der Waals surface area contributed by atoms with E-state index in [-0.39, 0.29) is 35.9 Å². The molecule has 2 aliphatic rings. The minimum atomic E-state index is -3.73. The number of ether oxygens (including phenoxy) is 1. The number of aromatic nitrogens is 1. The highest BCUT2D eigenvalue weighted by molar-refractivity contribution is 7.89. The number of hydrogen-bond donors (Lipinski definition) is 0. The maximum Gasteiger partial charge on any atom is 0.243 e. The van der Waals surface area contributed by atoms with Crippen LogP contribution in [0, 0.1) is 18.7 Å². The number of carbonyl (C=O) groups is 1. The van der Waals surface area contributed by atoms with Gasteiger partial charge in [-0.25, -0.2) is 17.8 Å². The third kappa shape index (κ3) is 5.11. The first-order valence-corrected chi connectivity index (χ1v) is 14.1.